The first kappa shape index (κ1) is 15.3. The molecule has 1 aromatic carbocycles. The van der Waals surface area contributed by atoms with Gasteiger partial charge in [0, 0.05) is 18.4 Å². The lowest BCUT2D eigenvalue weighted by Crippen LogP contribution is -2.37. The van der Waals surface area contributed by atoms with E-state index in [4.69, 9.17) is 13.9 Å². The number of methoxy groups -OCH3 is 2. The minimum Gasteiger partial charge on any atom is -0.469 e. The maximum absolute atomic E-state index is 12.0. The van der Waals surface area contributed by atoms with Gasteiger partial charge >= 0.3 is 11.9 Å². The van der Waals surface area contributed by atoms with Crippen LogP contribution < -0.4 is 0 Å². The van der Waals surface area contributed by atoms with E-state index in [9.17, 15) is 9.59 Å². The summed E-state index contributed by atoms with van der Waals surface area (Å²) in [4.78, 5) is 28.5. The predicted molar refractivity (Wildman–Crippen MR) is 80.4 cm³/mol. The number of aromatic nitrogens is 1. The summed E-state index contributed by atoms with van der Waals surface area (Å²) in [6.07, 6.45) is 0.583. The second kappa shape index (κ2) is 6.24. The molecule has 0 spiro atoms. The Hall–Kier alpha value is -2.63. The van der Waals surface area contributed by atoms with Crippen molar-refractivity contribution < 1.29 is 23.5 Å². The van der Waals surface area contributed by atoms with Crippen molar-refractivity contribution in [1.82, 2.24) is 4.98 Å². The third-order valence-electron chi connectivity index (χ3n) is 4.11. The first-order valence-corrected chi connectivity index (χ1v) is 7.33. The molecular formula is C17H17NO5. The highest BCUT2D eigenvalue weighted by Crippen LogP contribution is 2.34. The number of carbonyl (C=O) groups excluding carboxylic acids is 2. The molecule has 0 bridgehead atoms. The number of hydrogen-bond acceptors (Lipinski definition) is 6. The third kappa shape index (κ3) is 2.84. The SMILES string of the molecule is COC(=O)[C@H]1Cc2nc(-c3ccccc3)oc2C[C@@H]1C(=O)OC. The molecule has 1 aromatic heterocycles. The van der Waals surface area contributed by atoms with Gasteiger partial charge in [-0.05, 0) is 12.1 Å². The molecule has 1 aliphatic rings. The average Bonchev–Trinajstić information content (AvgIpc) is 3.03. The summed E-state index contributed by atoms with van der Waals surface area (Å²) in [6.45, 7) is 0. The fraction of sp³-hybridized carbons (Fsp3) is 0.353. The fourth-order valence-corrected chi connectivity index (χ4v) is 2.90. The number of benzene rings is 1. The van der Waals surface area contributed by atoms with Crippen molar-refractivity contribution in [3.8, 4) is 11.5 Å². The van der Waals surface area contributed by atoms with Crippen LogP contribution in [0.2, 0.25) is 0 Å². The Morgan fingerprint density at radius 2 is 1.65 bits per heavy atom. The highest BCUT2D eigenvalue weighted by Gasteiger charge is 2.42. The van der Waals surface area contributed by atoms with Crippen LogP contribution in [0.15, 0.2) is 34.7 Å². The molecule has 0 saturated carbocycles. The molecule has 120 valence electrons. The number of esters is 2. The lowest BCUT2D eigenvalue weighted by molar-refractivity contribution is -0.158. The molecule has 1 heterocycles. The summed E-state index contributed by atoms with van der Waals surface area (Å²) < 4.78 is 15.4. The van der Waals surface area contributed by atoms with Gasteiger partial charge in [0.25, 0.3) is 0 Å². The normalized spacial score (nSPS) is 19.7. The van der Waals surface area contributed by atoms with E-state index in [-0.39, 0.29) is 6.42 Å². The molecule has 1 aliphatic carbocycles. The van der Waals surface area contributed by atoms with E-state index >= 15 is 0 Å². The predicted octanol–water partition coefficient (Wildman–Crippen LogP) is 2.02. The Labute approximate surface area is 133 Å². The van der Waals surface area contributed by atoms with Crippen LogP contribution in [0.4, 0.5) is 0 Å². The first-order chi connectivity index (χ1) is 11.1. The summed E-state index contributed by atoms with van der Waals surface area (Å²) in [6, 6.07) is 9.49. The lowest BCUT2D eigenvalue weighted by atomic mass is 9.80. The van der Waals surface area contributed by atoms with Gasteiger partial charge in [-0.3, -0.25) is 9.59 Å². The zero-order valence-corrected chi connectivity index (χ0v) is 12.9. The van der Waals surface area contributed by atoms with Crippen molar-refractivity contribution in [3.05, 3.63) is 41.8 Å². The summed E-state index contributed by atoms with van der Waals surface area (Å²) in [5, 5.41) is 0. The average molecular weight is 315 g/mol. The lowest BCUT2D eigenvalue weighted by Gasteiger charge is -2.25. The van der Waals surface area contributed by atoms with Gasteiger partial charge in [0.05, 0.1) is 31.7 Å². The Morgan fingerprint density at radius 1 is 1.04 bits per heavy atom. The molecule has 0 radical (unpaired) electrons. The number of oxazole rings is 1. The highest BCUT2D eigenvalue weighted by atomic mass is 16.5. The van der Waals surface area contributed by atoms with E-state index < -0.39 is 23.8 Å². The van der Waals surface area contributed by atoms with Crippen LogP contribution in [-0.2, 0) is 31.9 Å². The van der Waals surface area contributed by atoms with Crippen molar-refractivity contribution in [2.75, 3.05) is 14.2 Å². The molecular weight excluding hydrogens is 298 g/mol. The molecule has 3 rings (SSSR count). The molecule has 6 nitrogen and oxygen atoms in total. The summed E-state index contributed by atoms with van der Waals surface area (Å²) in [7, 11) is 2.62. The Morgan fingerprint density at radius 3 is 2.26 bits per heavy atom. The zero-order valence-electron chi connectivity index (χ0n) is 12.9. The number of fused-ring (bicyclic) bond motifs is 1. The van der Waals surface area contributed by atoms with Crippen LogP contribution >= 0.6 is 0 Å². The second-order valence-corrected chi connectivity index (χ2v) is 5.42. The van der Waals surface area contributed by atoms with Gasteiger partial charge in [-0.25, -0.2) is 4.98 Å². The number of rotatable bonds is 3. The van der Waals surface area contributed by atoms with E-state index in [2.05, 4.69) is 4.98 Å². The molecule has 0 amide bonds. The summed E-state index contributed by atoms with van der Waals surface area (Å²) >= 11 is 0. The fourth-order valence-electron chi connectivity index (χ4n) is 2.90. The first-order valence-electron chi connectivity index (χ1n) is 7.33. The van der Waals surface area contributed by atoms with Gasteiger partial charge in [-0.1, -0.05) is 18.2 Å². The van der Waals surface area contributed by atoms with Crippen LogP contribution in [0.5, 0.6) is 0 Å². The summed E-state index contributed by atoms with van der Waals surface area (Å²) in [5.41, 5.74) is 1.55. The third-order valence-corrected chi connectivity index (χ3v) is 4.11. The van der Waals surface area contributed by atoms with Crippen molar-refractivity contribution in [1.29, 1.82) is 0 Å². The maximum Gasteiger partial charge on any atom is 0.310 e. The minimum absolute atomic E-state index is 0.279. The van der Waals surface area contributed by atoms with Crippen LogP contribution in [0.1, 0.15) is 11.5 Å². The van der Waals surface area contributed by atoms with Crippen LogP contribution in [0.3, 0.4) is 0 Å². The van der Waals surface area contributed by atoms with Crippen molar-refractivity contribution in [3.63, 3.8) is 0 Å². The van der Waals surface area contributed by atoms with Gasteiger partial charge < -0.3 is 13.9 Å². The van der Waals surface area contributed by atoms with Crippen LogP contribution in [0.25, 0.3) is 11.5 Å². The molecule has 0 unspecified atom stereocenters. The number of ether oxygens (including phenoxy) is 2. The van der Waals surface area contributed by atoms with E-state index in [0.717, 1.165) is 5.56 Å². The molecule has 0 N–H and O–H groups in total. The summed E-state index contributed by atoms with van der Waals surface area (Å²) in [5.74, 6) is -0.978. The topological polar surface area (TPSA) is 78.6 Å². The van der Waals surface area contributed by atoms with Crippen LogP contribution in [0, 0.1) is 11.8 Å². The molecule has 0 fully saturated rings. The molecule has 0 saturated heterocycles. The molecule has 23 heavy (non-hydrogen) atoms. The van der Waals surface area contributed by atoms with Crippen molar-refractivity contribution >= 4 is 11.9 Å². The zero-order chi connectivity index (χ0) is 16.4. The Kier molecular flexibility index (Phi) is 4.14. The van der Waals surface area contributed by atoms with E-state index in [1.54, 1.807) is 0 Å². The van der Waals surface area contributed by atoms with Gasteiger partial charge in [0.1, 0.15) is 5.76 Å². The van der Waals surface area contributed by atoms with Gasteiger partial charge in [-0.15, -0.1) is 0 Å². The van der Waals surface area contributed by atoms with Crippen molar-refractivity contribution in [2.24, 2.45) is 11.8 Å². The van der Waals surface area contributed by atoms with E-state index in [1.807, 2.05) is 30.3 Å². The molecule has 0 aliphatic heterocycles. The molecule has 6 heteroatoms. The van der Waals surface area contributed by atoms with Crippen molar-refractivity contribution in [2.45, 2.75) is 12.8 Å². The van der Waals surface area contributed by atoms with Gasteiger partial charge in [0.2, 0.25) is 5.89 Å². The Bertz CT molecular complexity index is 680. The quantitative estimate of drug-likeness (QED) is 0.806. The molecule has 2 atom stereocenters. The minimum atomic E-state index is -0.614. The second-order valence-electron chi connectivity index (χ2n) is 5.42. The highest BCUT2D eigenvalue weighted by molar-refractivity contribution is 5.83. The maximum atomic E-state index is 12.0. The Balaban J connectivity index is 1.95. The number of hydrogen-bond donors (Lipinski definition) is 0. The van der Waals surface area contributed by atoms with E-state index in [1.165, 1.54) is 14.2 Å². The van der Waals surface area contributed by atoms with Gasteiger partial charge in [0.15, 0.2) is 0 Å². The smallest absolute Gasteiger partial charge is 0.310 e. The standard InChI is InChI=1S/C17H17NO5/c1-21-16(19)11-8-13-14(9-12(11)17(20)22-2)23-15(18-13)10-6-4-3-5-7-10/h3-7,11-12H,8-9H2,1-2H3/t11-,12-/m0/s1. The molecule has 2 aromatic rings. The number of nitrogens with zero attached hydrogens (tertiary/aromatic N) is 1. The largest absolute Gasteiger partial charge is 0.469 e. The van der Waals surface area contributed by atoms with Crippen LogP contribution in [-0.4, -0.2) is 31.1 Å². The van der Waals surface area contributed by atoms with Gasteiger partial charge in [-0.2, -0.15) is 0 Å². The van der Waals surface area contributed by atoms with E-state index in [0.29, 0.717) is 23.8 Å². The number of carbonyl (C=O) groups is 2. The monoisotopic (exact) mass is 315 g/mol.